The van der Waals surface area contributed by atoms with Gasteiger partial charge in [0.15, 0.2) is 0 Å². The van der Waals surface area contributed by atoms with Crippen LogP contribution in [0.3, 0.4) is 0 Å². The summed E-state index contributed by atoms with van der Waals surface area (Å²) in [6, 6.07) is 14.9. The van der Waals surface area contributed by atoms with Gasteiger partial charge in [-0.3, -0.25) is 9.59 Å². The molecule has 1 aliphatic heterocycles. The summed E-state index contributed by atoms with van der Waals surface area (Å²) in [6.07, 6.45) is -4.85. The number of aryl methyl sites for hydroxylation is 1. The van der Waals surface area contributed by atoms with Crippen LogP contribution in [-0.2, 0) is 16.3 Å². The Morgan fingerprint density at radius 3 is 2.40 bits per heavy atom. The van der Waals surface area contributed by atoms with Crippen LogP contribution in [-0.4, -0.2) is 48.1 Å². The van der Waals surface area contributed by atoms with Crippen molar-refractivity contribution < 1.29 is 27.5 Å². The van der Waals surface area contributed by atoms with Crippen molar-refractivity contribution in [3.05, 3.63) is 76.7 Å². The molecular weight excluding hydrogens is 525 g/mol. The van der Waals surface area contributed by atoms with Crippen molar-refractivity contribution in [3.63, 3.8) is 0 Å². The second-order valence-corrected chi connectivity index (χ2v) is 9.79. The number of anilines is 3. The van der Waals surface area contributed by atoms with Crippen LogP contribution in [0, 0.1) is 18.3 Å². The molecule has 1 saturated heterocycles. The third-order valence-corrected chi connectivity index (χ3v) is 6.40. The molecule has 2 heterocycles. The molecule has 4 rings (SSSR count). The molecule has 40 heavy (non-hydrogen) atoms. The summed E-state index contributed by atoms with van der Waals surface area (Å²) in [6.45, 7) is 6.50. The van der Waals surface area contributed by atoms with Crippen molar-refractivity contribution in [1.29, 1.82) is 5.26 Å². The minimum atomic E-state index is -4.85. The summed E-state index contributed by atoms with van der Waals surface area (Å²) in [5.41, 5.74) is 1.02. The van der Waals surface area contributed by atoms with E-state index in [4.69, 9.17) is 4.74 Å². The Labute approximate surface area is 229 Å². The maximum atomic E-state index is 13.5. The van der Waals surface area contributed by atoms with Gasteiger partial charge in [0, 0.05) is 36.1 Å². The van der Waals surface area contributed by atoms with Crippen molar-refractivity contribution in [2.45, 2.75) is 32.4 Å². The maximum Gasteiger partial charge on any atom is 0.451 e. The second-order valence-electron chi connectivity index (χ2n) is 9.79. The Bertz CT molecular complexity index is 1480. The summed E-state index contributed by atoms with van der Waals surface area (Å²) < 4.78 is 45.9. The molecule has 12 heteroatoms. The number of carbonyl (C=O) groups excluding carboxylic acids is 2. The molecule has 2 amide bonds. The van der Waals surface area contributed by atoms with E-state index in [1.807, 2.05) is 0 Å². The van der Waals surface area contributed by atoms with E-state index in [0.717, 1.165) is 0 Å². The van der Waals surface area contributed by atoms with E-state index >= 15 is 0 Å². The lowest BCUT2D eigenvalue weighted by Crippen LogP contribution is -2.37. The van der Waals surface area contributed by atoms with Crippen LogP contribution in [0.2, 0.25) is 0 Å². The molecule has 9 nitrogen and oxygen atoms in total. The van der Waals surface area contributed by atoms with Crippen molar-refractivity contribution in [2.75, 3.05) is 41.8 Å². The number of nitrogens with zero attached hydrogens (tertiary/aromatic N) is 4. The SMILES string of the molecule is Cc1ccc(NC(=O)c2cccc(C(C)(C)C#N)c2)cc1NC(=O)c1cc(N2CCOCC2)nc(C(F)(F)F)n1. The first kappa shape index (κ1) is 28.5. The zero-order valence-electron chi connectivity index (χ0n) is 22.1. The molecule has 0 aliphatic carbocycles. The maximum absolute atomic E-state index is 13.5. The topological polar surface area (TPSA) is 120 Å². The molecule has 208 valence electrons. The quantitative estimate of drug-likeness (QED) is 0.444. The summed E-state index contributed by atoms with van der Waals surface area (Å²) in [7, 11) is 0. The molecule has 3 aromatic rings. The highest BCUT2D eigenvalue weighted by Crippen LogP contribution is 2.29. The van der Waals surface area contributed by atoms with Crippen LogP contribution in [0.15, 0.2) is 48.5 Å². The zero-order valence-corrected chi connectivity index (χ0v) is 22.1. The molecule has 1 fully saturated rings. The van der Waals surface area contributed by atoms with Gasteiger partial charge in [-0.2, -0.15) is 18.4 Å². The number of aromatic nitrogens is 2. The molecule has 0 unspecified atom stereocenters. The lowest BCUT2D eigenvalue weighted by molar-refractivity contribution is -0.144. The van der Waals surface area contributed by atoms with Gasteiger partial charge in [0.25, 0.3) is 11.8 Å². The highest BCUT2D eigenvalue weighted by molar-refractivity contribution is 6.06. The number of benzene rings is 2. The minimum Gasteiger partial charge on any atom is -0.378 e. The van der Waals surface area contributed by atoms with Crippen LogP contribution < -0.4 is 15.5 Å². The van der Waals surface area contributed by atoms with E-state index in [9.17, 15) is 28.0 Å². The zero-order chi connectivity index (χ0) is 29.1. The van der Waals surface area contributed by atoms with Gasteiger partial charge in [0.2, 0.25) is 5.82 Å². The Balaban J connectivity index is 1.56. The summed E-state index contributed by atoms with van der Waals surface area (Å²) in [5.74, 6) is -2.73. The third kappa shape index (κ3) is 6.55. The van der Waals surface area contributed by atoms with E-state index in [1.54, 1.807) is 62.1 Å². The number of rotatable bonds is 6. The van der Waals surface area contributed by atoms with Crippen molar-refractivity contribution in [3.8, 4) is 6.07 Å². The van der Waals surface area contributed by atoms with Gasteiger partial charge < -0.3 is 20.3 Å². The van der Waals surface area contributed by atoms with Crippen LogP contribution >= 0.6 is 0 Å². The third-order valence-electron chi connectivity index (χ3n) is 6.40. The fraction of sp³-hybridized carbons (Fsp3) is 0.321. The monoisotopic (exact) mass is 552 g/mol. The molecule has 0 saturated carbocycles. The van der Waals surface area contributed by atoms with Gasteiger partial charge in [-0.05, 0) is 56.2 Å². The summed E-state index contributed by atoms with van der Waals surface area (Å²) >= 11 is 0. The average Bonchev–Trinajstić information content (AvgIpc) is 2.94. The van der Waals surface area contributed by atoms with E-state index in [1.165, 1.54) is 12.1 Å². The van der Waals surface area contributed by atoms with E-state index in [0.29, 0.717) is 48.7 Å². The van der Waals surface area contributed by atoms with E-state index in [-0.39, 0.29) is 11.5 Å². The molecule has 2 N–H and O–H groups in total. The number of hydrogen-bond acceptors (Lipinski definition) is 7. The minimum absolute atomic E-state index is 0.0182. The van der Waals surface area contributed by atoms with Gasteiger partial charge >= 0.3 is 6.18 Å². The first-order chi connectivity index (χ1) is 18.9. The van der Waals surface area contributed by atoms with Crippen molar-refractivity contribution in [2.24, 2.45) is 0 Å². The fourth-order valence-electron chi connectivity index (χ4n) is 3.97. The Morgan fingerprint density at radius 1 is 1.00 bits per heavy atom. The number of alkyl halides is 3. The normalized spacial score (nSPS) is 13.9. The van der Waals surface area contributed by atoms with Gasteiger partial charge in [-0.25, -0.2) is 9.97 Å². The molecule has 0 bridgehead atoms. The second kappa shape index (κ2) is 11.3. The highest BCUT2D eigenvalue weighted by atomic mass is 19.4. The predicted octanol–water partition coefficient (Wildman–Crippen LogP) is 4.95. The number of carbonyl (C=O) groups is 2. The Hall–Kier alpha value is -4.50. The lowest BCUT2D eigenvalue weighted by atomic mass is 9.85. The number of nitriles is 1. The van der Waals surface area contributed by atoms with Gasteiger partial charge in [0.05, 0.1) is 24.7 Å². The molecule has 0 radical (unpaired) electrons. The standard InChI is InChI=1S/C28H27F3N6O3/c1-17-7-8-20(33-24(38)18-5-4-6-19(13-18)27(2,3)16-32)14-21(17)34-25(39)22-15-23(37-9-11-40-12-10-37)36-26(35-22)28(29,30)31/h4-8,13-15H,9-12H2,1-3H3,(H,33,38)(H,34,39). The van der Waals surface area contributed by atoms with Gasteiger partial charge in [-0.15, -0.1) is 0 Å². The van der Waals surface area contributed by atoms with Crippen LogP contribution in [0.5, 0.6) is 0 Å². The first-order valence-corrected chi connectivity index (χ1v) is 12.4. The van der Waals surface area contributed by atoms with E-state index in [2.05, 4.69) is 26.7 Å². The largest absolute Gasteiger partial charge is 0.451 e. The lowest BCUT2D eigenvalue weighted by Gasteiger charge is -2.28. The molecule has 0 spiro atoms. The van der Waals surface area contributed by atoms with Gasteiger partial charge in [-0.1, -0.05) is 18.2 Å². The van der Waals surface area contributed by atoms with E-state index < -0.39 is 34.9 Å². The van der Waals surface area contributed by atoms with Crippen LogP contribution in [0.1, 0.15) is 51.6 Å². The number of hydrogen-bond donors (Lipinski definition) is 2. The van der Waals surface area contributed by atoms with Crippen molar-refractivity contribution >= 4 is 29.0 Å². The smallest absolute Gasteiger partial charge is 0.378 e. The molecular formula is C28H27F3N6O3. The number of nitrogens with one attached hydrogen (secondary N) is 2. The van der Waals surface area contributed by atoms with Crippen molar-refractivity contribution in [1.82, 2.24) is 9.97 Å². The molecule has 0 atom stereocenters. The average molecular weight is 553 g/mol. The molecule has 2 aromatic carbocycles. The number of halogens is 3. The molecule has 1 aromatic heterocycles. The first-order valence-electron chi connectivity index (χ1n) is 12.4. The van der Waals surface area contributed by atoms with Crippen LogP contribution in [0.25, 0.3) is 0 Å². The Kier molecular flexibility index (Phi) is 8.06. The Morgan fingerprint density at radius 2 is 1.73 bits per heavy atom. The molecule has 1 aliphatic rings. The summed E-state index contributed by atoms with van der Waals surface area (Å²) in [4.78, 5) is 34.7. The number of amides is 2. The fourth-order valence-corrected chi connectivity index (χ4v) is 3.97. The summed E-state index contributed by atoms with van der Waals surface area (Å²) in [5, 5.41) is 14.8. The number of morpholine rings is 1. The number of ether oxygens (including phenoxy) is 1. The van der Waals surface area contributed by atoms with Crippen LogP contribution in [0.4, 0.5) is 30.4 Å². The predicted molar refractivity (Wildman–Crippen MR) is 142 cm³/mol. The highest BCUT2D eigenvalue weighted by Gasteiger charge is 2.36. The van der Waals surface area contributed by atoms with Gasteiger partial charge in [0.1, 0.15) is 11.5 Å².